The van der Waals surface area contributed by atoms with E-state index < -0.39 is 53.8 Å². The molecule has 0 bridgehead atoms. The molecule has 13 amide bonds. The number of carbonyl (C=O) groups is 8. The fraction of sp³-hybridized carbons (Fsp3) is 0.214. The summed E-state index contributed by atoms with van der Waals surface area (Å²) in [6.45, 7) is 5.05. The summed E-state index contributed by atoms with van der Waals surface area (Å²) in [5.41, 5.74) is 58.8. The van der Waals surface area contributed by atoms with Gasteiger partial charge >= 0.3 is 30.2 Å². The second-order valence-corrected chi connectivity index (χ2v) is 10.7. The van der Waals surface area contributed by atoms with Crippen molar-refractivity contribution in [2.75, 3.05) is 18.0 Å². The van der Waals surface area contributed by atoms with E-state index in [0.29, 0.717) is 11.4 Å². The zero-order valence-electron chi connectivity index (χ0n) is 31.4. The third-order valence-electron chi connectivity index (χ3n) is 6.19. The van der Waals surface area contributed by atoms with Crippen LogP contribution in [0, 0.1) is 5.92 Å². The summed E-state index contributed by atoms with van der Waals surface area (Å²) in [6.07, 6.45) is 2.59. The lowest BCUT2D eigenvalue weighted by Crippen LogP contribution is -2.44. The topological polar surface area (TPSA) is 501 Å². The van der Waals surface area contributed by atoms with Crippen molar-refractivity contribution in [2.24, 2.45) is 57.6 Å². The molecule has 0 fully saturated rings. The zero-order chi connectivity index (χ0) is 44.5. The highest BCUT2D eigenvalue weighted by Crippen LogP contribution is 2.16. The van der Waals surface area contributed by atoms with E-state index in [9.17, 15) is 38.4 Å². The number of nitrogen functional groups attached to an aromatic ring is 2. The maximum absolute atomic E-state index is 11.7. The molecule has 2 aromatic heterocycles. The lowest BCUT2D eigenvalue weighted by molar-refractivity contribution is -0.119. The van der Waals surface area contributed by atoms with Gasteiger partial charge in [0.2, 0.25) is 5.91 Å². The van der Waals surface area contributed by atoms with Gasteiger partial charge in [0, 0.05) is 12.8 Å². The van der Waals surface area contributed by atoms with E-state index in [2.05, 4.69) is 42.1 Å². The summed E-state index contributed by atoms with van der Waals surface area (Å²) in [7, 11) is 1.59. The van der Waals surface area contributed by atoms with Gasteiger partial charge in [0.1, 0.15) is 22.8 Å². The van der Waals surface area contributed by atoms with Gasteiger partial charge in [-0.2, -0.15) is 20.4 Å². The Morgan fingerprint density at radius 2 is 1.12 bits per heavy atom. The molecule has 1 unspecified atom stereocenters. The summed E-state index contributed by atoms with van der Waals surface area (Å²) in [4.78, 5) is 84.8. The smallest absolute Gasteiger partial charge is 0.332 e. The van der Waals surface area contributed by atoms with E-state index in [0.717, 1.165) is 5.69 Å². The van der Waals surface area contributed by atoms with Crippen LogP contribution in [-0.2, 0) is 11.8 Å². The number of carbonyl (C=O) groups excluding carboxylic acids is 8. The molecule has 3 rings (SSSR count). The molecule has 0 spiro atoms. The van der Waals surface area contributed by atoms with E-state index in [1.165, 1.54) is 21.8 Å². The fourth-order valence-electron chi connectivity index (χ4n) is 3.20. The summed E-state index contributed by atoms with van der Waals surface area (Å²) >= 11 is 0. The lowest BCUT2D eigenvalue weighted by Gasteiger charge is -2.05. The number of aromatic nitrogens is 4. The van der Waals surface area contributed by atoms with Gasteiger partial charge in [0.05, 0.1) is 36.3 Å². The first kappa shape index (κ1) is 49.3. The SMILES string of the molecule is C/C(=N\NC(N)=O)C(C)C(N)=O.C/C(CNNC(N)=O)=N/NC(N)=O.Cn1ncc(C(=O)NNC(N)=O)c1N.NC(=O)NNC(=O)c1cnn(-c2ccccc2)c1N. The number of aryl methyl sites for hydroxylation is 1. The molecule has 0 radical (unpaired) electrons. The maximum atomic E-state index is 11.7. The van der Waals surface area contributed by atoms with Crippen LogP contribution < -0.4 is 89.3 Å². The predicted octanol–water partition coefficient (Wildman–Crippen LogP) is -4.56. The van der Waals surface area contributed by atoms with Crippen LogP contribution in [0.15, 0.2) is 52.9 Å². The summed E-state index contributed by atoms with van der Waals surface area (Å²) in [5.74, 6) is -1.81. The van der Waals surface area contributed by atoms with Crippen molar-refractivity contribution in [1.82, 2.24) is 63.0 Å². The Kier molecular flexibility index (Phi) is 21.5. The number of primary amides is 6. The number of hydrazine groups is 3. The molecule has 3 aromatic rings. The number of para-hydroxylation sites is 1. The molecule has 1 atom stereocenters. The third kappa shape index (κ3) is 19.9. The van der Waals surface area contributed by atoms with E-state index in [-0.39, 0.29) is 29.3 Å². The normalized spacial score (nSPS) is 10.8. The van der Waals surface area contributed by atoms with Gasteiger partial charge in [-0.15, -0.1) is 0 Å². The molecule has 0 aliphatic carbocycles. The van der Waals surface area contributed by atoms with Crippen molar-refractivity contribution in [3.8, 4) is 5.69 Å². The van der Waals surface area contributed by atoms with Gasteiger partial charge in [-0.1, -0.05) is 18.2 Å². The zero-order valence-corrected chi connectivity index (χ0v) is 31.4. The number of hydrogen-bond acceptors (Lipinski definition) is 15. The van der Waals surface area contributed by atoms with E-state index in [1.54, 1.807) is 40.0 Å². The Hall–Kier alpha value is -8.70. The van der Waals surface area contributed by atoms with Crippen molar-refractivity contribution < 1.29 is 38.4 Å². The molecule has 316 valence electrons. The summed E-state index contributed by atoms with van der Waals surface area (Å²) in [5, 5.41) is 14.9. The first-order valence-electron chi connectivity index (χ1n) is 15.7. The quantitative estimate of drug-likeness (QED) is 0.0678. The monoisotopic (exact) mass is 818 g/mol. The number of rotatable bonds is 10. The molecule has 58 heavy (non-hydrogen) atoms. The third-order valence-corrected chi connectivity index (χ3v) is 6.19. The summed E-state index contributed by atoms with van der Waals surface area (Å²) < 4.78 is 2.75. The minimum Gasteiger partial charge on any atom is -0.383 e. The number of nitrogens with two attached hydrogens (primary N) is 8. The van der Waals surface area contributed by atoms with E-state index in [1.807, 2.05) is 39.9 Å². The van der Waals surface area contributed by atoms with Crippen LogP contribution in [-0.4, -0.2) is 85.4 Å². The Labute approximate surface area is 328 Å². The molecule has 0 saturated carbocycles. The van der Waals surface area contributed by atoms with Crippen LogP contribution in [0.4, 0.5) is 35.6 Å². The highest BCUT2D eigenvalue weighted by Gasteiger charge is 2.16. The number of nitrogens with one attached hydrogen (secondary N) is 8. The molecule has 0 aliphatic rings. The first-order chi connectivity index (χ1) is 27.1. The average molecular weight is 819 g/mol. The number of anilines is 2. The Morgan fingerprint density at radius 3 is 1.55 bits per heavy atom. The minimum absolute atomic E-state index is 0.137. The highest BCUT2D eigenvalue weighted by molar-refractivity contribution is 6.02. The van der Waals surface area contributed by atoms with Crippen LogP contribution in [0.25, 0.3) is 5.69 Å². The molecule has 2 heterocycles. The maximum Gasteiger partial charge on any atom is 0.332 e. The Bertz CT molecular complexity index is 1960. The van der Waals surface area contributed by atoms with Gasteiger partial charge in [0.15, 0.2) is 0 Å². The minimum atomic E-state index is -0.873. The van der Waals surface area contributed by atoms with Crippen LogP contribution >= 0.6 is 0 Å². The molecule has 30 nitrogen and oxygen atoms in total. The lowest BCUT2D eigenvalue weighted by atomic mass is 10.1. The van der Waals surface area contributed by atoms with Gasteiger partial charge in [-0.05, 0) is 32.9 Å². The van der Waals surface area contributed by atoms with Gasteiger partial charge in [0.25, 0.3) is 11.8 Å². The van der Waals surface area contributed by atoms with Crippen LogP contribution in [0.5, 0.6) is 0 Å². The van der Waals surface area contributed by atoms with Crippen LogP contribution in [0.2, 0.25) is 0 Å². The van der Waals surface area contributed by atoms with Crippen molar-refractivity contribution in [2.45, 2.75) is 20.8 Å². The molecule has 1 aromatic carbocycles. The van der Waals surface area contributed by atoms with Crippen molar-refractivity contribution >= 4 is 70.9 Å². The molecule has 24 N–H and O–H groups in total. The predicted molar refractivity (Wildman–Crippen MR) is 207 cm³/mol. The van der Waals surface area contributed by atoms with Gasteiger partial charge < -0.3 is 45.9 Å². The van der Waals surface area contributed by atoms with Gasteiger partial charge in [-0.25, -0.2) is 55.8 Å². The molecule has 30 heteroatoms. The van der Waals surface area contributed by atoms with E-state index >= 15 is 0 Å². The number of benzene rings is 1. The number of hydrogen-bond donors (Lipinski definition) is 16. The van der Waals surface area contributed by atoms with Crippen molar-refractivity contribution in [3.05, 3.63) is 53.9 Å². The summed E-state index contributed by atoms with van der Waals surface area (Å²) in [6, 6.07) is 5.15. The second-order valence-electron chi connectivity index (χ2n) is 10.7. The number of hydrazone groups is 2. The average Bonchev–Trinajstić information content (AvgIpc) is 3.71. The second kappa shape index (κ2) is 25.3. The molecular weight excluding hydrogens is 772 g/mol. The fourth-order valence-corrected chi connectivity index (χ4v) is 3.20. The Balaban J connectivity index is 0.000000762. The van der Waals surface area contributed by atoms with E-state index in [4.69, 9.17) is 45.9 Å². The van der Waals surface area contributed by atoms with Gasteiger partial charge in [-0.3, -0.25) is 35.3 Å². The standard InChI is InChI=1S/C11H12N6O2.C6H10N6O2.C6H12N4O2.C5H12N6O2/c12-9-8(10(18)15-16-11(13)19)6-14-17(9)7-4-2-1-3-5-7;1-12-4(7)3(2-9-12)5(13)10-11-6(8)14;1-3(5(7)11)4(2)9-10-6(8)12;1-3(9-11-5(7)13)2-8-10-4(6)12/h1-6H,12H2,(H,15,18)(H3,13,16,19);2H,7H2,1H3,(H,10,13)(H3,8,11,14);3H,1-2H3,(H2,7,11)(H3,8,10,12);8H,2H2,1H3,(H3,6,10,12)(H3,7,11,13)/b;;9-4+;9-3-. The number of nitrogens with zero attached hydrogens (tertiary/aromatic N) is 6. The molecule has 0 aliphatic heterocycles. The number of urea groups is 5. The molecule has 0 saturated heterocycles. The number of amides is 13. The molecular formula is C28H46N22O8. The van der Waals surface area contributed by atoms with Crippen LogP contribution in [0.3, 0.4) is 0 Å². The van der Waals surface area contributed by atoms with Crippen molar-refractivity contribution in [3.63, 3.8) is 0 Å². The largest absolute Gasteiger partial charge is 0.383 e. The van der Waals surface area contributed by atoms with Crippen LogP contribution in [0.1, 0.15) is 41.5 Å². The Morgan fingerprint density at radius 1 is 0.655 bits per heavy atom. The van der Waals surface area contributed by atoms with Crippen molar-refractivity contribution in [1.29, 1.82) is 0 Å². The highest BCUT2D eigenvalue weighted by atomic mass is 16.2. The first-order valence-corrected chi connectivity index (χ1v) is 15.7.